The molecule has 1 saturated carbocycles. The first kappa shape index (κ1) is 14.8. The molecule has 0 radical (unpaired) electrons. The summed E-state index contributed by atoms with van der Waals surface area (Å²) in [6.07, 6.45) is 2.46. The van der Waals surface area contributed by atoms with Crippen LogP contribution in [0, 0.1) is 6.92 Å². The van der Waals surface area contributed by atoms with Crippen molar-refractivity contribution >= 4 is 15.9 Å². The second kappa shape index (κ2) is 6.73. The Morgan fingerprint density at radius 1 is 1.42 bits per heavy atom. The van der Waals surface area contributed by atoms with E-state index in [0.717, 1.165) is 53.7 Å². The molecule has 0 saturated heterocycles. The maximum atomic E-state index is 9.91. The minimum absolute atomic E-state index is 0.0553. The molecule has 2 unspecified atom stereocenters. The number of aliphatic hydroxyl groups excluding tert-OH is 1. The van der Waals surface area contributed by atoms with Crippen LogP contribution in [0.25, 0.3) is 0 Å². The molecule has 0 spiro atoms. The molecule has 0 aromatic heterocycles. The van der Waals surface area contributed by atoms with Gasteiger partial charge in [0.2, 0.25) is 0 Å². The van der Waals surface area contributed by atoms with Gasteiger partial charge in [-0.3, -0.25) is 0 Å². The highest BCUT2D eigenvalue weighted by Crippen LogP contribution is 2.32. The molecule has 0 aliphatic heterocycles. The van der Waals surface area contributed by atoms with Crippen molar-refractivity contribution in [1.82, 2.24) is 5.32 Å². The number of ether oxygens (including phenoxy) is 1. The molecule has 19 heavy (non-hydrogen) atoms. The lowest BCUT2D eigenvalue weighted by Crippen LogP contribution is -2.27. The Kier molecular flexibility index (Phi) is 5.25. The zero-order chi connectivity index (χ0) is 13.8. The standard InChI is InChI=1S/C15H22BrNO2/c1-3-17-9-11-8-12(16)7-10(2)15(11)19-14-6-4-5-13(14)18/h7-8,13-14,17-18H,3-6,9H2,1-2H3. The highest BCUT2D eigenvalue weighted by atomic mass is 79.9. The molecule has 3 nitrogen and oxygen atoms in total. The fourth-order valence-electron chi connectivity index (χ4n) is 2.55. The number of halogens is 1. The first-order chi connectivity index (χ1) is 9.11. The van der Waals surface area contributed by atoms with E-state index in [0.29, 0.717) is 0 Å². The highest BCUT2D eigenvalue weighted by molar-refractivity contribution is 9.10. The van der Waals surface area contributed by atoms with Crippen LogP contribution in [-0.4, -0.2) is 23.9 Å². The third kappa shape index (κ3) is 3.71. The summed E-state index contributed by atoms with van der Waals surface area (Å²) in [5.41, 5.74) is 2.26. The number of nitrogens with one attached hydrogen (secondary N) is 1. The van der Waals surface area contributed by atoms with E-state index in [1.54, 1.807) is 0 Å². The average molecular weight is 328 g/mol. The Morgan fingerprint density at radius 3 is 2.84 bits per heavy atom. The van der Waals surface area contributed by atoms with Gasteiger partial charge in [0.15, 0.2) is 0 Å². The van der Waals surface area contributed by atoms with Gasteiger partial charge in [-0.2, -0.15) is 0 Å². The van der Waals surface area contributed by atoms with Gasteiger partial charge in [0.1, 0.15) is 11.9 Å². The number of hydrogen-bond acceptors (Lipinski definition) is 3. The van der Waals surface area contributed by atoms with Crippen LogP contribution in [0.1, 0.15) is 37.3 Å². The SMILES string of the molecule is CCNCc1cc(Br)cc(C)c1OC1CCCC1O. The Labute approximate surface area is 123 Å². The summed E-state index contributed by atoms with van der Waals surface area (Å²) in [6, 6.07) is 4.15. The van der Waals surface area contributed by atoms with E-state index in [2.05, 4.69) is 47.2 Å². The molecule has 4 heteroatoms. The highest BCUT2D eigenvalue weighted by Gasteiger charge is 2.28. The minimum atomic E-state index is -0.324. The summed E-state index contributed by atoms with van der Waals surface area (Å²) < 4.78 is 7.16. The van der Waals surface area contributed by atoms with E-state index in [-0.39, 0.29) is 12.2 Å². The van der Waals surface area contributed by atoms with Gasteiger partial charge in [0.25, 0.3) is 0 Å². The van der Waals surface area contributed by atoms with Gasteiger partial charge in [-0.25, -0.2) is 0 Å². The van der Waals surface area contributed by atoms with Gasteiger partial charge < -0.3 is 15.2 Å². The van der Waals surface area contributed by atoms with Gasteiger partial charge in [-0.15, -0.1) is 0 Å². The van der Waals surface area contributed by atoms with Crippen molar-refractivity contribution in [2.45, 2.75) is 51.9 Å². The molecular weight excluding hydrogens is 306 g/mol. The van der Waals surface area contributed by atoms with Crippen LogP contribution < -0.4 is 10.1 Å². The van der Waals surface area contributed by atoms with Gasteiger partial charge in [0, 0.05) is 16.6 Å². The van der Waals surface area contributed by atoms with Crippen LogP contribution in [0.4, 0.5) is 0 Å². The largest absolute Gasteiger partial charge is 0.487 e. The Hall–Kier alpha value is -0.580. The Morgan fingerprint density at radius 2 is 2.21 bits per heavy atom. The van der Waals surface area contributed by atoms with Crippen molar-refractivity contribution < 1.29 is 9.84 Å². The molecular formula is C15H22BrNO2. The average Bonchev–Trinajstić information content (AvgIpc) is 2.76. The molecule has 0 amide bonds. The second-order valence-electron chi connectivity index (χ2n) is 5.15. The van der Waals surface area contributed by atoms with E-state index >= 15 is 0 Å². The predicted octanol–water partition coefficient (Wildman–Crippen LogP) is 3.16. The van der Waals surface area contributed by atoms with Crippen LogP contribution in [-0.2, 0) is 6.54 Å². The lowest BCUT2D eigenvalue weighted by atomic mass is 10.1. The van der Waals surface area contributed by atoms with Crippen molar-refractivity contribution in [3.8, 4) is 5.75 Å². The molecule has 1 aromatic rings. The smallest absolute Gasteiger partial charge is 0.127 e. The van der Waals surface area contributed by atoms with Crippen molar-refractivity contribution in [3.05, 3.63) is 27.7 Å². The maximum absolute atomic E-state index is 9.91. The lowest BCUT2D eigenvalue weighted by Gasteiger charge is -2.21. The van der Waals surface area contributed by atoms with Crippen molar-refractivity contribution in [1.29, 1.82) is 0 Å². The molecule has 1 aromatic carbocycles. The molecule has 1 aliphatic carbocycles. The molecule has 2 rings (SSSR count). The van der Waals surface area contributed by atoms with Crippen LogP contribution >= 0.6 is 15.9 Å². The molecule has 1 aliphatic rings. The van der Waals surface area contributed by atoms with Crippen molar-refractivity contribution in [2.75, 3.05) is 6.54 Å². The third-order valence-electron chi connectivity index (χ3n) is 3.57. The van der Waals surface area contributed by atoms with Crippen LogP contribution in [0.3, 0.4) is 0 Å². The monoisotopic (exact) mass is 327 g/mol. The van der Waals surface area contributed by atoms with E-state index in [4.69, 9.17) is 4.74 Å². The molecule has 1 fully saturated rings. The van der Waals surface area contributed by atoms with E-state index in [1.165, 1.54) is 0 Å². The maximum Gasteiger partial charge on any atom is 0.127 e. The van der Waals surface area contributed by atoms with Crippen molar-refractivity contribution in [3.63, 3.8) is 0 Å². The number of benzene rings is 1. The van der Waals surface area contributed by atoms with Gasteiger partial charge in [0.05, 0.1) is 6.10 Å². The van der Waals surface area contributed by atoms with E-state index in [9.17, 15) is 5.11 Å². The zero-order valence-electron chi connectivity index (χ0n) is 11.6. The van der Waals surface area contributed by atoms with Gasteiger partial charge in [-0.05, 0) is 50.4 Å². The van der Waals surface area contributed by atoms with Gasteiger partial charge >= 0.3 is 0 Å². The first-order valence-corrected chi connectivity index (χ1v) is 7.75. The molecule has 2 N–H and O–H groups in total. The Balaban J connectivity index is 2.21. The fourth-order valence-corrected chi connectivity index (χ4v) is 3.17. The zero-order valence-corrected chi connectivity index (χ0v) is 13.2. The fraction of sp³-hybridized carbons (Fsp3) is 0.600. The third-order valence-corrected chi connectivity index (χ3v) is 4.03. The molecule has 0 heterocycles. The minimum Gasteiger partial charge on any atom is -0.487 e. The summed E-state index contributed by atoms with van der Waals surface area (Å²) in [4.78, 5) is 0. The van der Waals surface area contributed by atoms with E-state index < -0.39 is 0 Å². The Bertz CT molecular complexity index is 436. The summed E-state index contributed by atoms with van der Waals surface area (Å²) in [5.74, 6) is 0.926. The van der Waals surface area contributed by atoms with Gasteiger partial charge in [-0.1, -0.05) is 22.9 Å². The lowest BCUT2D eigenvalue weighted by molar-refractivity contribution is 0.0593. The number of aliphatic hydroxyl groups is 1. The normalized spacial score (nSPS) is 22.7. The number of hydrogen-bond donors (Lipinski definition) is 2. The van der Waals surface area contributed by atoms with Crippen LogP contribution in [0.2, 0.25) is 0 Å². The summed E-state index contributed by atoms with van der Waals surface area (Å²) in [5, 5.41) is 13.2. The predicted molar refractivity (Wildman–Crippen MR) is 80.5 cm³/mol. The topological polar surface area (TPSA) is 41.5 Å². The molecule has 0 bridgehead atoms. The number of rotatable bonds is 5. The van der Waals surface area contributed by atoms with E-state index in [1.807, 2.05) is 0 Å². The van der Waals surface area contributed by atoms with Crippen LogP contribution in [0.5, 0.6) is 5.75 Å². The molecule has 106 valence electrons. The summed E-state index contributed by atoms with van der Waals surface area (Å²) in [7, 11) is 0. The molecule has 2 atom stereocenters. The quantitative estimate of drug-likeness (QED) is 0.872. The summed E-state index contributed by atoms with van der Waals surface area (Å²) >= 11 is 3.53. The van der Waals surface area contributed by atoms with Crippen molar-refractivity contribution in [2.24, 2.45) is 0 Å². The van der Waals surface area contributed by atoms with Crippen LogP contribution in [0.15, 0.2) is 16.6 Å². The number of aryl methyl sites for hydroxylation is 1. The second-order valence-corrected chi connectivity index (χ2v) is 6.06. The summed E-state index contributed by atoms with van der Waals surface area (Å²) in [6.45, 7) is 5.86. The first-order valence-electron chi connectivity index (χ1n) is 6.96.